The molecule has 1 saturated heterocycles. The van der Waals surface area contributed by atoms with Crippen molar-refractivity contribution < 1.29 is 9.59 Å². The predicted molar refractivity (Wildman–Crippen MR) is 107 cm³/mol. The molecule has 1 N–H and O–H groups in total. The van der Waals surface area contributed by atoms with Gasteiger partial charge < -0.3 is 15.1 Å². The van der Waals surface area contributed by atoms with Gasteiger partial charge in [0.1, 0.15) is 6.04 Å². The monoisotopic (exact) mass is 363 g/mol. The molecule has 0 spiro atoms. The lowest BCUT2D eigenvalue weighted by atomic mass is 9.96. The number of nitrogens with one attached hydrogen (secondary N) is 1. The van der Waals surface area contributed by atoms with E-state index in [0.717, 1.165) is 43.6 Å². The van der Waals surface area contributed by atoms with E-state index in [1.807, 2.05) is 43.4 Å². The van der Waals surface area contributed by atoms with Crippen LogP contribution in [-0.2, 0) is 11.2 Å². The van der Waals surface area contributed by atoms with E-state index in [-0.39, 0.29) is 17.9 Å². The van der Waals surface area contributed by atoms with Crippen LogP contribution in [0.3, 0.4) is 0 Å². The Labute approximate surface area is 160 Å². The number of rotatable bonds is 4. The Morgan fingerprint density at radius 1 is 1.11 bits per heavy atom. The fraction of sp³-hybridized carbons (Fsp3) is 0.364. The number of hydrogen-bond donors (Lipinski definition) is 1. The number of anilines is 2. The summed E-state index contributed by atoms with van der Waals surface area (Å²) >= 11 is 0. The summed E-state index contributed by atoms with van der Waals surface area (Å²) in [6, 6.07) is 15.7. The molecule has 140 valence electrons. The minimum absolute atomic E-state index is 0.0539. The number of nitrogens with zero attached hydrogens (tertiary/aromatic N) is 2. The third-order valence-corrected chi connectivity index (χ3v) is 5.57. The first-order valence-electron chi connectivity index (χ1n) is 9.65. The highest BCUT2D eigenvalue weighted by Gasteiger charge is 2.37. The van der Waals surface area contributed by atoms with E-state index >= 15 is 0 Å². The highest BCUT2D eigenvalue weighted by Crippen LogP contribution is 2.39. The van der Waals surface area contributed by atoms with Gasteiger partial charge in [0.05, 0.1) is 11.4 Å². The van der Waals surface area contributed by atoms with E-state index < -0.39 is 0 Å². The van der Waals surface area contributed by atoms with E-state index in [1.54, 1.807) is 4.90 Å². The minimum atomic E-state index is -0.102. The highest BCUT2D eigenvalue weighted by molar-refractivity contribution is 6.07. The molecule has 5 heteroatoms. The van der Waals surface area contributed by atoms with Crippen LogP contribution in [0.25, 0.3) is 0 Å². The van der Waals surface area contributed by atoms with Crippen LogP contribution < -0.4 is 15.1 Å². The first kappa shape index (κ1) is 17.6. The number of amides is 2. The van der Waals surface area contributed by atoms with Gasteiger partial charge in [0.2, 0.25) is 5.91 Å². The number of hydrogen-bond acceptors (Lipinski definition) is 3. The molecule has 27 heavy (non-hydrogen) atoms. The number of carbonyl (C=O) groups excluding carboxylic acids is 2. The fourth-order valence-corrected chi connectivity index (χ4v) is 4.06. The van der Waals surface area contributed by atoms with Gasteiger partial charge in [-0.1, -0.05) is 30.3 Å². The normalized spacial score (nSPS) is 18.7. The molecule has 0 aliphatic carbocycles. The average Bonchev–Trinajstić information content (AvgIpc) is 2.72. The Hall–Kier alpha value is -2.82. The molecule has 0 unspecified atom stereocenters. The van der Waals surface area contributed by atoms with Crippen LogP contribution in [0.4, 0.5) is 11.4 Å². The van der Waals surface area contributed by atoms with Crippen molar-refractivity contribution in [1.82, 2.24) is 5.32 Å². The maximum Gasteiger partial charge on any atom is 0.251 e. The number of carbonyl (C=O) groups is 2. The van der Waals surface area contributed by atoms with Crippen molar-refractivity contribution in [1.29, 1.82) is 0 Å². The molecule has 2 aliphatic heterocycles. The largest absolute Gasteiger partial charge is 0.358 e. The van der Waals surface area contributed by atoms with Crippen LogP contribution in [-0.4, -0.2) is 38.0 Å². The number of fused-ring (bicyclic) bond motifs is 3. The lowest BCUT2D eigenvalue weighted by Gasteiger charge is -2.44. The molecular formula is C22H25N3O2. The second-order valence-electron chi connectivity index (χ2n) is 7.30. The van der Waals surface area contributed by atoms with Gasteiger partial charge >= 0.3 is 0 Å². The smallest absolute Gasteiger partial charge is 0.251 e. The molecule has 0 bridgehead atoms. The second-order valence-corrected chi connectivity index (χ2v) is 7.30. The Morgan fingerprint density at radius 3 is 2.74 bits per heavy atom. The van der Waals surface area contributed by atoms with Crippen molar-refractivity contribution in [3.05, 3.63) is 59.7 Å². The van der Waals surface area contributed by atoms with Gasteiger partial charge in [-0.3, -0.25) is 9.59 Å². The Bertz CT molecular complexity index is 850. The zero-order chi connectivity index (χ0) is 18.8. The van der Waals surface area contributed by atoms with Crippen LogP contribution in [0, 0.1) is 0 Å². The molecule has 2 aromatic rings. The van der Waals surface area contributed by atoms with Crippen molar-refractivity contribution in [2.75, 3.05) is 29.9 Å². The quantitative estimate of drug-likeness (QED) is 0.909. The van der Waals surface area contributed by atoms with Crippen LogP contribution in [0.5, 0.6) is 0 Å². The van der Waals surface area contributed by atoms with Gasteiger partial charge in [0, 0.05) is 25.7 Å². The fourth-order valence-electron chi connectivity index (χ4n) is 4.06. The van der Waals surface area contributed by atoms with Crippen LogP contribution >= 0.6 is 0 Å². The first-order valence-corrected chi connectivity index (χ1v) is 9.65. The summed E-state index contributed by atoms with van der Waals surface area (Å²) < 4.78 is 0. The van der Waals surface area contributed by atoms with Gasteiger partial charge in [-0.15, -0.1) is 0 Å². The zero-order valence-corrected chi connectivity index (χ0v) is 15.6. The van der Waals surface area contributed by atoms with Crippen LogP contribution in [0.15, 0.2) is 48.5 Å². The lowest BCUT2D eigenvalue weighted by molar-refractivity contribution is -0.120. The Morgan fingerprint density at radius 2 is 1.93 bits per heavy atom. The molecule has 2 aliphatic rings. The van der Waals surface area contributed by atoms with Gasteiger partial charge in [0.15, 0.2) is 0 Å². The van der Waals surface area contributed by atoms with Gasteiger partial charge in [-0.2, -0.15) is 0 Å². The second kappa shape index (κ2) is 7.43. The number of likely N-dealkylation sites (N-methyl/N-ethyl adjacent to an activating group) is 1. The molecule has 1 atom stereocenters. The lowest BCUT2D eigenvalue weighted by Crippen LogP contribution is -2.54. The molecule has 0 saturated carbocycles. The van der Waals surface area contributed by atoms with Crippen molar-refractivity contribution >= 4 is 23.2 Å². The van der Waals surface area contributed by atoms with E-state index in [4.69, 9.17) is 0 Å². The summed E-state index contributed by atoms with van der Waals surface area (Å²) in [5.41, 5.74) is 3.68. The zero-order valence-electron chi connectivity index (χ0n) is 15.6. The summed E-state index contributed by atoms with van der Waals surface area (Å²) in [4.78, 5) is 29.2. The maximum absolute atomic E-state index is 12.7. The third kappa shape index (κ3) is 3.42. The van der Waals surface area contributed by atoms with Crippen molar-refractivity contribution in [2.24, 2.45) is 0 Å². The number of benzene rings is 2. The molecule has 2 heterocycles. The van der Waals surface area contributed by atoms with Crippen molar-refractivity contribution in [2.45, 2.75) is 31.7 Å². The van der Waals surface area contributed by atoms with Gasteiger partial charge in [-0.05, 0) is 49.4 Å². The molecule has 4 rings (SSSR count). The molecule has 0 aromatic heterocycles. The minimum Gasteiger partial charge on any atom is -0.358 e. The highest BCUT2D eigenvalue weighted by atomic mass is 16.2. The van der Waals surface area contributed by atoms with Crippen molar-refractivity contribution in [3.63, 3.8) is 0 Å². The molecule has 5 nitrogen and oxygen atoms in total. The predicted octanol–water partition coefficient (Wildman–Crippen LogP) is 2.99. The van der Waals surface area contributed by atoms with Gasteiger partial charge in [0.25, 0.3) is 5.91 Å². The van der Waals surface area contributed by atoms with Crippen LogP contribution in [0.2, 0.25) is 0 Å². The summed E-state index contributed by atoms with van der Waals surface area (Å²) in [6.45, 7) is 1.49. The summed E-state index contributed by atoms with van der Waals surface area (Å²) in [5, 5.41) is 2.98. The summed E-state index contributed by atoms with van der Waals surface area (Å²) in [5.74, 6) is 0.0270. The van der Waals surface area contributed by atoms with E-state index in [0.29, 0.717) is 12.1 Å². The maximum atomic E-state index is 12.7. The molecule has 0 radical (unpaired) electrons. The topological polar surface area (TPSA) is 52.7 Å². The molecular weight excluding hydrogens is 338 g/mol. The first-order chi connectivity index (χ1) is 13.1. The summed E-state index contributed by atoms with van der Waals surface area (Å²) in [7, 11) is 1.81. The Balaban J connectivity index is 1.49. The van der Waals surface area contributed by atoms with Crippen molar-refractivity contribution in [3.8, 4) is 0 Å². The van der Waals surface area contributed by atoms with E-state index in [9.17, 15) is 9.59 Å². The van der Waals surface area contributed by atoms with Crippen LogP contribution in [0.1, 0.15) is 35.2 Å². The molecule has 1 fully saturated rings. The number of piperidine rings is 1. The standard InChI is InChI=1S/C22H25N3O2/c1-24-20-15-17(21(26)23-13-12-16-7-3-2-4-8-16)10-11-18(20)25-14-6-5-9-19(25)22(24)27/h2-4,7-8,10-11,15,19H,5-6,9,12-14H2,1H3,(H,23,26)/t19-/m0/s1. The summed E-state index contributed by atoms with van der Waals surface area (Å²) in [6.07, 6.45) is 3.91. The van der Waals surface area contributed by atoms with E-state index in [2.05, 4.69) is 22.3 Å². The molecule has 2 amide bonds. The van der Waals surface area contributed by atoms with Gasteiger partial charge in [-0.25, -0.2) is 0 Å². The molecule has 2 aromatic carbocycles. The average molecular weight is 363 g/mol. The Kier molecular flexibility index (Phi) is 4.84. The van der Waals surface area contributed by atoms with E-state index in [1.165, 1.54) is 5.56 Å². The third-order valence-electron chi connectivity index (χ3n) is 5.57. The SMILES string of the molecule is CN1C(=O)[C@@H]2CCCCN2c2ccc(C(=O)NCCc3ccccc3)cc21.